The topological polar surface area (TPSA) is 59.2 Å². The highest BCUT2D eigenvalue weighted by atomic mass is 19.3. The lowest BCUT2D eigenvalue weighted by molar-refractivity contribution is -0.137. The van der Waals surface area contributed by atoms with Gasteiger partial charge in [-0.2, -0.15) is 0 Å². The molecule has 1 aliphatic heterocycles. The fourth-order valence-corrected chi connectivity index (χ4v) is 4.53. The molecule has 0 spiro atoms. The summed E-state index contributed by atoms with van der Waals surface area (Å²) in [4.78, 5) is 19.1. The third-order valence-electron chi connectivity index (χ3n) is 6.08. The second-order valence-electron chi connectivity index (χ2n) is 7.82. The van der Waals surface area contributed by atoms with Gasteiger partial charge in [0.05, 0.1) is 11.1 Å². The Hall–Kier alpha value is -2.05. The van der Waals surface area contributed by atoms with E-state index in [2.05, 4.69) is 10.1 Å². The molecule has 2 fully saturated rings. The van der Waals surface area contributed by atoms with Crippen LogP contribution in [0, 0.1) is 12.8 Å². The number of likely N-dealkylation sites (tertiary alicyclic amines) is 1. The summed E-state index contributed by atoms with van der Waals surface area (Å²) in [5.74, 6) is 0.510. The van der Waals surface area contributed by atoms with Gasteiger partial charge in [0.1, 0.15) is 0 Å². The largest absolute Gasteiger partial charge is 0.342 e. The molecule has 1 aliphatic carbocycles. The van der Waals surface area contributed by atoms with Crippen LogP contribution in [0.1, 0.15) is 74.2 Å². The van der Waals surface area contributed by atoms with Crippen molar-refractivity contribution in [3.63, 3.8) is 0 Å². The molecule has 2 aromatic heterocycles. The van der Waals surface area contributed by atoms with Crippen molar-refractivity contribution < 1.29 is 18.1 Å². The van der Waals surface area contributed by atoms with Crippen LogP contribution in [-0.4, -0.2) is 34.0 Å². The van der Waals surface area contributed by atoms with E-state index in [0.717, 1.165) is 38.5 Å². The number of piperidine rings is 1. The summed E-state index contributed by atoms with van der Waals surface area (Å²) in [7, 11) is 0. The van der Waals surface area contributed by atoms with Crippen LogP contribution in [0.4, 0.5) is 8.78 Å². The van der Waals surface area contributed by atoms with Crippen molar-refractivity contribution in [2.75, 3.05) is 13.1 Å². The number of amides is 1. The highest BCUT2D eigenvalue weighted by molar-refractivity contribution is 5.80. The molecule has 5 nitrogen and oxygen atoms in total. The summed E-state index contributed by atoms with van der Waals surface area (Å²) in [6.45, 7) is 2.98. The molecular formula is C20H25F2N3O2. The number of carbonyl (C=O) groups excluding carboxylic acids is 1. The van der Waals surface area contributed by atoms with E-state index in [0.29, 0.717) is 29.9 Å². The lowest BCUT2D eigenvalue weighted by Gasteiger charge is -2.35. The first-order valence-electron chi connectivity index (χ1n) is 9.88. The predicted molar refractivity (Wildman–Crippen MR) is 96.6 cm³/mol. The Bertz CT molecular complexity index is 822. The van der Waals surface area contributed by atoms with E-state index < -0.39 is 6.43 Å². The van der Waals surface area contributed by atoms with Gasteiger partial charge in [0.15, 0.2) is 0 Å². The van der Waals surface area contributed by atoms with Gasteiger partial charge in [0.2, 0.25) is 5.91 Å². The minimum Gasteiger partial charge on any atom is -0.342 e. The maximum Gasteiger partial charge on any atom is 0.264 e. The zero-order chi connectivity index (χ0) is 19.0. The number of halogens is 2. The smallest absolute Gasteiger partial charge is 0.264 e. The second kappa shape index (κ2) is 7.52. The van der Waals surface area contributed by atoms with Crippen LogP contribution >= 0.6 is 0 Å². The molecule has 0 radical (unpaired) electrons. The first-order chi connectivity index (χ1) is 13.0. The fourth-order valence-electron chi connectivity index (χ4n) is 4.53. The summed E-state index contributed by atoms with van der Waals surface area (Å²) in [6, 6.07) is 1.50. The standard InChI is InChI=1S/C20H25F2N3O2/c1-12-17-15(18(21)22)11-16(23-19(17)27-24-12)13-7-9-25(10-8-13)20(26)14-5-3-2-4-6-14/h11,13-14,18H,2-10H2,1H3. The van der Waals surface area contributed by atoms with Gasteiger partial charge in [-0.3, -0.25) is 4.79 Å². The lowest BCUT2D eigenvalue weighted by Crippen LogP contribution is -2.42. The molecule has 2 aromatic rings. The Morgan fingerprint density at radius 3 is 2.56 bits per heavy atom. The quantitative estimate of drug-likeness (QED) is 0.774. The zero-order valence-corrected chi connectivity index (χ0v) is 15.6. The van der Waals surface area contributed by atoms with Gasteiger partial charge in [-0.05, 0) is 38.7 Å². The fraction of sp³-hybridized carbons (Fsp3) is 0.650. The van der Waals surface area contributed by atoms with Crippen LogP contribution in [0.15, 0.2) is 10.6 Å². The predicted octanol–water partition coefficient (Wildman–Crippen LogP) is 4.76. The molecule has 27 heavy (non-hydrogen) atoms. The van der Waals surface area contributed by atoms with E-state index in [-0.39, 0.29) is 29.0 Å². The highest BCUT2D eigenvalue weighted by Gasteiger charge is 2.31. The number of fused-ring (bicyclic) bond motifs is 1. The molecule has 146 valence electrons. The van der Waals surface area contributed by atoms with E-state index >= 15 is 0 Å². The Balaban J connectivity index is 1.48. The average molecular weight is 377 g/mol. The zero-order valence-electron chi connectivity index (χ0n) is 15.6. The van der Waals surface area contributed by atoms with Crippen molar-refractivity contribution in [2.24, 2.45) is 5.92 Å². The Kier molecular flexibility index (Phi) is 5.10. The number of rotatable bonds is 3. The second-order valence-corrected chi connectivity index (χ2v) is 7.82. The third kappa shape index (κ3) is 3.56. The summed E-state index contributed by atoms with van der Waals surface area (Å²) in [5.41, 5.74) is 1.18. The summed E-state index contributed by atoms with van der Waals surface area (Å²) in [6.07, 6.45) is 4.40. The molecule has 0 aromatic carbocycles. The minimum atomic E-state index is -2.60. The van der Waals surface area contributed by atoms with E-state index in [1.54, 1.807) is 6.92 Å². The number of nitrogens with zero attached hydrogens (tertiary/aromatic N) is 3. The summed E-state index contributed by atoms with van der Waals surface area (Å²) in [5, 5.41) is 4.11. The van der Waals surface area contributed by atoms with Crippen LogP contribution in [0.5, 0.6) is 0 Å². The molecule has 4 rings (SSSR count). The van der Waals surface area contributed by atoms with Gasteiger partial charge >= 0.3 is 0 Å². The van der Waals surface area contributed by atoms with Crippen LogP contribution in [0.25, 0.3) is 11.1 Å². The Labute approximate surface area is 157 Å². The number of alkyl halides is 2. The van der Waals surface area contributed by atoms with Gasteiger partial charge in [0.25, 0.3) is 12.1 Å². The first-order valence-corrected chi connectivity index (χ1v) is 9.88. The van der Waals surface area contributed by atoms with Crippen molar-refractivity contribution >= 4 is 17.0 Å². The molecule has 2 aliphatic rings. The number of hydrogen-bond donors (Lipinski definition) is 0. The summed E-state index contributed by atoms with van der Waals surface area (Å²) < 4.78 is 32.2. The average Bonchev–Trinajstić information content (AvgIpc) is 3.08. The molecular weight excluding hydrogens is 352 g/mol. The molecule has 3 heterocycles. The van der Waals surface area contributed by atoms with Crippen LogP contribution < -0.4 is 0 Å². The van der Waals surface area contributed by atoms with E-state index in [1.165, 1.54) is 12.5 Å². The Morgan fingerprint density at radius 2 is 1.89 bits per heavy atom. The first kappa shape index (κ1) is 18.3. The van der Waals surface area contributed by atoms with E-state index in [4.69, 9.17) is 4.52 Å². The van der Waals surface area contributed by atoms with Crippen molar-refractivity contribution in [1.29, 1.82) is 0 Å². The monoisotopic (exact) mass is 377 g/mol. The van der Waals surface area contributed by atoms with Crippen molar-refractivity contribution in [3.8, 4) is 0 Å². The molecule has 1 saturated carbocycles. The van der Waals surface area contributed by atoms with Gasteiger partial charge < -0.3 is 9.42 Å². The van der Waals surface area contributed by atoms with Crippen LogP contribution in [0.3, 0.4) is 0 Å². The van der Waals surface area contributed by atoms with Crippen LogP contribution in [-0.2, 0) is 4.79 Å². The highest BCUT2D eigenvalue weighted by Crippen LogP contribution is 2.35. The van der Waals surface area contributed by atoms with E-state index in [9.17, 15) is 13.6 Å². The maximum atomic E-state index is 13.5. The SMILES string of the molecule is Cc1noc2nc(C3CCN(C(=O)C4CCCCC4)CC3)cc(C(F)F)c12. The molecule has 0 unspecified atom stereocenters. The van der Waals surface area contributed by atoms with Gasteiger partial charge in [-0.1, -0.05) is 24.4 Å². The molecule has 1 amide bonds. The lowest BCUT2D eigenvalue weighted by atomic mass is 9.86. The van der Waals surface area contributed by atoms with Crippen molar-refractivity contribution in [3.05, 3.63) is 23.0 Å². The van der Waals surface area contributed by atoms with Gasteiger partial charge in [0, 0.05) is 36.2 Å². The molecule has 0 N–H and O–H groups in total. The summed E-state index contributed by atoms with van der Waals surface area (Å²) >= 11 is 0. The number of carbonyl (C=O) groups is 1. The van der Waals surface area contributed by atoms with E-state index in [1.807, 2.05) is 4.90 Å². The molecule has 0 bridgehead atoms. The molecule has 0 atom stereocenters. The van der Waals surface area contributed by atoms with Crippen molar-refractivity contribution in [1.82, 2.24) is 15.0 Å². The van der Waals surface area contributed by atoms with Crippen LogP contribution in [0.2, 0.25) is 0 Å². The van der Waals surface area contributed by atoms with Crippen molar-refractivity contribution in [2.45, 2.75) is 64.2 Å². The number of pyridine rings is 1. The van der Waals surface area contributed by atoms with Gasteiger partial charge in [-0.25, -0.2) is 13.8 Å². The number of hydrogen-bond acceptors (Lipinski definition) is 4. The number of aryl methyl sites for hydroxylation is 1. The number of aromatic nitrogens is 2. The maximum absolute atomic E-state index is 13.5. The normalized spacial score (nSPS) is 19.9. The molecule has 1 saturated heterocycles. The third-order valence-corrected chi connectivity index (χ3v) is 6.08. The van der Waals surface area contributed by atoms with Gasteiger partial charge in [-0.15, -0.1) is 0 Å². The Morgan fingerprint density at radius 1 is 1.19 bits per heavy atom. The molecule has 7 heteroatoms. The minimum absolute atomic E-state index is 0.0607.